The number of halogens is 1. The van der Waals surface area contributed by atoms with Gasteiger partial charge in [-0.2, -0.15) is 0 Å². The monoisotopic (exact) mass is 291 g/mol. The van der Waals surface area contributed by atoms with E-state index in [4.69, 9.17) is 22.1 Å². The molecule has 3 N–H and O–H groups in total. The number of aromatic nitrogens is 1. The Kier molecular flexibility index (Phi) is 4.42. The minimum atomic E-state index is -0.291. The first kappa shape index (κ1) is 14.1. The molecule has 2 rings (SSSR count). The zero-order valence-electron chi connectivity index (χ0n) is 10.9. The second-order valence-corrected chi connectivity index (χ2v) is 4.66. The fourth-order valence-electron chi connectivity index (χ4n) is 1.58. The molecule has 0 atom stereocenters. The van der Waals surface area contributed by atoms with Gasteiger partial charge in [-0.1, -0.05) is 11.6 Å². The maximum atomic E-state index is 11.8. The zero-order chi connectivity index (χ0) is 14.5. The molecular weight excluding hydrogens is 278 g/mol. The summed E-state index contributed by atoms with van der Waals surface area (Å²) in [6, 6.07) is 8.52. The van der Waals surface area contributed by atoms with E-state index in [-0.39, 0.29) is 12.5 Å². The van der Waals surface area contributed by atoms with Crippen LogP contribution in [0.4, 0.5) is 11.5 Å². The average Bonchev–Trinajstić information content (AvgIpc) is 2.41. The van der Waals surface area contributed by atoms with Crippen LogP contribution < -0.4 is 15.8 Å². The largest absolute Gasteiger partial charge is 0.484 e. The van der Waals surface area contributed by atoms with Crippen LogP contribution in [0.25, 0.3) is 0 Å². The first-order valence-corrected chi connectivity index (χ1v) is 6.33. The lowest BCUT2D eigenvalue weighted by Gasteiger charge is -2.09. The lowest BCUT2D eigenvalue weighted by Crippen LogP contribution is -2.21. The summed E-state index contributed by atoms with van der Waals surface area (Å²) >= 11 is 5.76. The molecule has 1 aromatic heterocycles. The molecule has 1 amide bonds. The van der Waals surface area contributed by atoms with Crippen LogP contribution in [0, 0.1) is 6.92 Å². The Morgan fingerprint density at radius 1 is 1.40 bits per heavy atom. The highest BCUT2D eigenvalue weighted by Gasteiger charge is 2.07. The first-order valence-electron chi connectivity index (χ1n) is 5.95. The molecule has 0 saturated heterocycles. The molecule has 0 aliphatic rings. The normalized spacial score (nSPS) is 10.1. The highest BCUT2D eigenvalue weighted by atomic mass is 35.5. The van der Waals surface area contributed by atoms with Crippen LogP contribution in [0.3, 0.4) is 0 Å². The standard InChI is InChI=1S/C14H14ClN3O2/c1-9-6-11(16)7-17-14(9)18-13(19)8-20-12-4-2-10(15)3-5-12/h2-7H,8,16H2,1H3,(H,17,18,19). The summed E-state index contributed by atoms with van der Waals surface area (Å²) in [6.45, 7) is 1.71. The van der Waals surface area contributed by atoms with Gasteiger partial charge in [0.2, 0.25) is 0 Å². The van der Waals surface area contributed by atoms with Gasteiger partial charge in [0.1, 0.15) is 11.6 Å². The van der Waals surface area contributed by atoms with Crippen molar-refractivity contribution in [3.05, 3.63) is 47.1 Å². The second-order valence-electron chi connectivity index (χ2n) is 4.22. The summed E-state index contributed by atoms with van der Waals surface area (Å²) in [5.41, 5.74) is 6.94. The molecule has 0 unspecified atom stereocenters. The Labute approximate surface area is 121 Å². The van der Waals surface area contributed by atoms with Gasteiger partial charge >= 0.3 is 0 Å². The smallest absolute Gasteiger partial charge is 0.263 e. The Hall–Kier alpha value is -2.27. The summed E-state index contributed by atoms with van der Waals surface area (Å²) in [7, 11) is 0. The van der Waals surface area contributed by atoms with Gasteiger partial charge < -0.3 is 15.8 Å². The van der Waals surface area contributed by atoms with E-state index in [1.807, 2.05) is 6.92 Å². The number of rotatable bonds is 4. The molecule has 0 fully saturated rings. The highest BCUT2D eigenvalue weighted by Crippen LogP contribution is 2.16. The lowest BCUT2D eigenvalue weighted by molar-refractivity contribution is -0.118. The Bertz CT molecular complexity index is 614. The molecule has 0 radical (unpaired) electrons. The van der Waals surface area contributed by atoms with E-state index in [9.17, 15) is 4.79 Å². The molecule has 2 aromatic rings. The van der Waals surface area contributed by atoms with Crippen molar-refractivity contribution in [3.63, 3.8) is 0 Å². The maximum absolute atomic E-state index is 11.8. The predicted molar refractivity (Wildman–Crippen MR) is 79.0 cm³/mol. The molecular formula is C14H14ClN3O2. The molecule has 5 nitrogen and oxygen atoms in total. The Morgan fingerprint density at radius 2 is 2.10 bits per heavy atom. The molecule has 1 heterocycles. The number of carbonyl (C=O) groups is 1. The third-order valence-corrected chi connectivity index (χ3v) is 2.79. The van der Waals surface area contributed by atoms with Gasteiger partial charge in [-0.25, -0.2) is 4.98 Å². The summed E-state index contributed by atoms with van der Waals surface area (Å²) in [4.78, 5) is 15.8. The van der Waals surface area contributed by atoms with Gasteiger partial charge in [0.15, 0.2) is 6.61 Å². The zero-order valence-corrected chi connectivity index (χ0v) is 11.6. The summed E-state index contributed by atoms with van der Waals surface area (Å²) in [5.74, 6) is 0.760. The fourth-order valence-corrected chi connectivity index (χ4v) is 1.70. The quantitative estimate of drug-likeness (QED) is 0.908. The number of anilines is 2. The number of ether oxygens (including phenoxy) is 1. The third-order valence-electron chi connectivity index (χ3n) is 2.54. The maximum Gasteiger partial charge on any atom is 0.263 e. The molecule has 20 heavy (non-hydrogen) atoms. The Morgan fingerprint density at radius 3 is 2.75 bits per heavy atom. The fraction of sp³-hybridized carbons (Fsp3) is 0.143. The average molecular weight is 292 g/mol. The van der Waals surface area contributed by atoms with Crippen molar-refractivity contribution in [3.8, 4) is 5.75 Å². The van der Waals surface area contributed by atoms with E-state index in [1.54, 1.807) is 30.3 Å². The lowest BCUT2D eigenvalue weighted by atomic mass is 10.2. The van der Waals surface area contributed by atoms with Crippen LogP contribution in [0.2, 0.25) is 5.02 Å². The minimum Gasteiger partial charge on any atom is -0.484 e. The van der Waals surface area contributed by atoms with Gasteiger partial charge in [-0.3, -0.25) is 4.79 Å². The van der Waals surface area contributed by atoms with E-state index < -0.39 is 0 Å². The number of nitrogens with one attached hydrogen (secondary N) is 1. The SMILES string of the molecule is Cc1cc(N)cnc1NC(=O)COc1ccc(Cl)cc1. The van der Waals surface area contributed by atoms with Crippen molar-refractivity contribution in [2.45, 2.75) is 6.92 Å². The van der Waals surface area contributed by atoms with E-state index in [0.29, 0.717) is 22.3 Å². The number of pyridine rings is 1. The molecule has 104 valence electrons. The summed E-state index contributed by atoms with van der Waals surface area (Å²) in [6.07, 6.45) is 1.49. The number of nitrogens with zero attached hydrogens (tertiary/aromatic N) is 1. The van der Waals surface area contributed by atoms with Gasteiger partial charge in [-0.15, -0.1) is 0 Å². The van der Waals surface area contributed by atoms with Crippen molar-refractivity contribution >= 4 is 29.0 Å². The number of nitrogen functional groups attached to an aromatic ring is 1. The summed E-state index contributed by atoms with van der Waals surface area (Å²) in [5, 5.41) is 3.28. The van der Waals surface area contributed by atoms with E-state index >= 15 is 0 Å². The summed E-state index contributed by atoms with van der Waals surface area (Å²) < 4.78 is 5.34. The van der Waals surface area contributed by atoms with Gasteiger partial charge in [0.25, 0.3) is 5.91 Å². The van der Waals surface area contributed by atoms with Crippen molar-refractivity contribution in [1.29, 1.82) is 0 Å². The number of amides is 1. The molecule has 0 aliphatic carbocycles. The van der Waals surface area contributed by atoms with Crippen LogP contribution in [-0.4, -0.2) is 17.5 Å². The number of nitrogens with two attached hydrogens (primary N) is 1. The molecule has 0 spiro atoms. The molecule has 6 heteroatoms. The van der Waals surface area contributed by atoms with Crippen molar-refractivity contribution in [2.75, 3.05) is 17.7 Å². The predicted octanol–water partition coefficient (Wildman–Crippen LogP) is 2.64. The van der Waals surface area contributed by atoms with Crippen LogP contribution in [0.1, 0.15) is 5.56 Å². The first-order chi connectivity index (χ1) is 9.54. The minimum absolute atomic E-state index is 0.104. The third kappa shape index (κ3) is 3.86. The van der Waals surface area contributed by atoms with Crippen molar-refractivity contribution in [1.82, 2.24) is 4.98 Å². The number of aryl methyl sites for hydroxylation is 1. The van der Waals surface area contributed by atoms with E-state index in [2.05, 4.69) is 10.3 Å². The number of benzene rings is 1. The van der Waals surface area contributed by atoms with Crippen LogP contribution in [0.5, 0.6) is 5.75 Å². The van der Waals surface area contributed by atoms with Gasteiger partial charge in [0, 0.05) is 5.02 Å². The van der Waals surface area contributed by atoms with Gasteiger partial charge in [-0.05, 0) is 42.8 Å². The van der Waals surface area contributed by atoms with E-state index in [1.165, 1.54) is 6.20 Å². The molecule has 0 aliphatic heterocycles. The molecule has 0 saturated carbocycles. The van der Waals surface area contributed by atoms with Crippen LogP contribution in [-0.2, 0) is 4.79 Å². The highest BCUT2D eigenvalue weighted by molar-refractivity contribution is 6.30. The number of hydrogen-bond donors (Lipinski definition) is 2. The van der Waals surface area contributed by atoms with E-state index in [0.717, 1.165) is 5.56 Å². The van der Waals surface area contributed by atoms with Gasteiger partial charge in [0.05, 0.1) is 11.9 Å². The molecule has 0 bridgehead atoms. The molecule has 1 aromatic carbocycles. The van der Waals surface area contributed by atoms with Crippen molar-refractivity contribution in [2.24, 2.45) is 0 Å². The number of hydrogen-bond acceptors (Lipinski definition) is 4. The Balaban J connectivity index is 1.90. The van der Waals surface area contributed by atoms with Crippen molar-refractivity contribution < 1.29 is 9.53 Å². The van der Waals surface area contributed by atoms with Crippen LogP contribution >= 0.6 is 11.6 Å². The topological polar surface area (TPSA) is 77.2 Å². The van der Waals surface area contributed by atoms with Crippen LogP contribution in [0.15, 0.2) is 36.5 Å². The number of carbonyl (C=O) groups excluding carboxylic acids is 1. The second kappa shape index (κ2) is 6.25.